The second-order valence-electron chi connectivity index (χ2n) is 9.53. The number of halogens is 1. The number of carbonyl (C=O) groups is 4. The van der Waals surface area contributed by atoms with Crippen LogP contribution in [0, 0.1) is 0 Å². The van der Waals surface area contributed by atoms with Crippen LogP contribution in [0.5, 0.6) is 0 Å². The maximum atomic E-state index is 13.3. The number of amides is 2. The number of aliphatic carboxylic acids is 2. The van der Waals surface area contributed by atoms with Gasteiger partial charge in [0.15, 0.2) is 10.8 Å². The van der Waals surface area contributed by atoms with Crippen LogP contribution < -0.4 is 15.6 Å². The molecule has 2 aliphatic heterocycles. The molecular weight excluding hydrogens is 598 g/mol. The predicted octanol–water partition coefficient (Wildman–Crippen LogP) is 0.942. The van der Waals surface area contributed by atoms with Crippen molar-refractivity contribution in [2.75, 3.05) is 11.5 Å². The Morgan fingerprint density at radius 3 is 2.73 bits per heavy atom. The fraction of sp³-hybridized carbons (Fsp3) is 0.292. The molecule has 0 aliphatic carbocycles. The summed E-state index contributed by atoms with van der Waals surface area (Å²) in [5.41, 5.74) is 4.50. The Bertz CT molecular complexity index is 1660. The minimum Gasteiger partial charge on any atom is -0.478 e. The van der Waals surface area contributed by atoms with Crippen LogP contribution in [0.4, 0.5) is 5.13 Å². The summed E-state index contributed by atoms with van der Waals surface area (Å²) in [4.78, 5) is 60.6. The lowest BCUT2D eigenvalue weighted by atomic mass is 10.0. The van der Waals surface area contributed by atoms with Gasteiger partial charge in [-0.2, -0.15) is 0 Å². The third-order valence-electron chi connectivity index (χ3n) is 6.39. The van der Waals surface area contributed by atoms with Gasteiger partial charge >= 0.3 is 11.9 Å². The van der Waals surface area contributed by atoms with Crippen molar-refractivity contribution >= 4 is 74.9 Å². The number of hydrogen-bond donors (Lipinski definition) is 4. The van der Waals surface area contributed by atoms with Crippen LogP contribution in [0.1, 0.15) is 19.5 Å². The van der Waals surface area contributed by atoms with E-state index in [1.54, 1.807) is 0 Å². The number of pyridine rings is 1. The third-order valence-corrected chi connectivity index (χ3v) is 8.81. The van der Waals surface area contributed by atoms with Crippen molar-refractivity contribution in [1.82, 2.24) is 19.6 Å². The van der Waals surface area contributed by atoms with Crippen LogP contribution in [0.2, 0.25) is 4.34 Å². The number of oxime groups is 1. The number of thiazole rings is 1. The van der Waals surface area contributed by atoms with Gasteiger partial charge in [0.25, 0.3) is 17.5 Å². The summed E-state index contributed by atoms with van der Waals surface area (Å²) in [5, 5.41) is 25.0. The molecule has 5 rings (SSSR count). The molecule has 214 valence electrons. The summed E-state index contributed by atoms with van der Waals surface area (Å²) < 4.78 is 3.77. The van der Waals surface area contributed by atoms with Crippen molar-refractivity contribution in [2.45, 2.75) is 37.4 Å². The number of carbonyl (C=O) groups excluding carboxylic acids is 2. The molecule has 0 unspecified atom stereocenters. The van der Waals surface area contributed by atoms with E-state index in [0.29, 0.717) is 11.3 Å². The van der Waals surface area contributed by atoms with Crippen molar-refractivity contribution in [3.63, 3.8) is 0 Å². The summed E-state index contributed by atoms with van der Waals surface area (Å²) in [6.45, 7) is 2.70. The molecular formula is C24H23ClN7O7S2+. The molecule has 5 N–H and O–H groups in total. The van der Waals surface area contributed by atoms with Gasteiger partial charge < -0.3 is 26.1 Å². The molecule has 2 aliphatic rings. The number of thioether (sulfide) groups is 1. The van der Waals surface area contributed by atoms with E-state index < -0.39 is 46.5 Å². The highest BCUT2D eigenvalue weighted by molar-refractivity contribution is 8.00. The monoisotopic (exact) mass is 620 g/mol. The summed E-state index contributed by atoms with van der Waals surface area (Å²) >= 11 is 8.34. The second-order valence-corrected chi connectivity index (χ2v) is 12.3. The van der Waals surface area contributed by atoms with E-state index in [2.05, 4.69) is 15.5 Å². The number of carboxylic acids is 2. The first-order valence-electron chi connectivity index (χ1n) is 12.0. The van der Waals surface area contributed by atoms with Crippen molar-refractivity contribution in [3.8, 4) is 0 Å². The molecule has 3 aromatic rings. The zero-order chi connectivity index (χ0) is 29.6. The predicted molar refractivity (Wildman–Crippen MR) is 148 cm³/mol. The second kappa shape index (κ2) is 10.7. The van der Waals surface area contributed by atoms with Crippen LogP contribution in [-0.4, -0.2) is 76.7 Å². The number of carboxylic acid groups (broad SMARTS) is 2. The number of aromatic nitrogens is 3. The zero-order valence-electron chi connectivity index (χ0n) is 21.5. The lowest BCUT2D eigenvalue weighted by Crippen LogP contribution is -2.71. The Balaban J connectivity index is 1.39. The Hall–Kier alpha value is -4.15. The van der Waals surface area contributed by atoms with Crippen molar-refractivity contribution in [3.05, 3.63) is 58.1 Å². The minimum atomic E-state index is -1.80. The Kier molecular flexibility index (Phi) is 7.39. The zero-order valence-corrected chi connectivity index (χ0v) is 23.9. The first kappa shape index (κ1) is 28.4. The quantitative estimate of drug-likeness (QED) is 0.116. The molecule has 5 heterocycles. The van der Waals surface area contributed by atoms with Crippen LogP contribution in [0.15, 0.2) is 53.2 Å². The standard InChI is InChI=1S/C24H22ClN7O7S2/c1-24(2,22(37)38)39-29-14(13-17(25)41-23(26)28-13)18(33)27-15-19(34)32-16(21(35)36)11(10-40-20(15)32)9-31-8-7-30-6-4-3-5-12(30)31/h3-8,15,20H,9-10H2,1-2H3,(H4-,26,27,28,33,35,36,37,38)/p+1/b29-14-/t15-,20-/m1/s1. The highest BCUT2D eigenvalue weighted by Gasteiger charge is 2.54. The van der Waals surface area contributed by atoms with Crippen LogP contribution >= 0.6 is 34.7 Å². The number of β-lactam (4-membered cyclic amide) rings is 1. The average molecular weight is 621 g/mol. The molecule has 0 bridgehead atoms. The highest BCUT2D eigenvalue weighted by Crippen LogP contribution is 2.40. The molecule has 0 radical (unpaired) electrons. The van der Waals surface area contributed by atoms with E-state index in [9.17, 15) is 29.4 Å². The fourth-order valence-electron chi connectivity index (χ4n) is 4.25. The van der Waals surface area contributed by atoms with Gasteiger partial charge in [0.05, 0.1) is 6.20 Å². The largest absolute Gasteiger partial charge is 0.478 e. The van der Waals surface area contributed by atoms with Gasteiger partial charge in [0.1, 0.15) is 46.1 Å². The van der Waals surface area contributed by atoms with Gasteiger partial charge in [-0.05, 0) is 19.9 Å². The van der Waals surface area contributed by atoms with Crippen LogP contribution in [0.3, 0.4) is 0 Å². The molecule has 2 atom stereocenters. The van der Waals surface area contributed by atoms with E-state index in [1.807, 2.05) is 45.8 Å². The van der Waals surface area contributed by atoms with Gasteiger partial charge in [-0.25, -0.2) is 23.5 Å². The number of nitrogens with one attached hydrogen (secondary N) is 1. The molecule has 14 nitrogen and oxygen atoms in total. The summed E-state index contributed by atoms with van der Waals surface area (Å²) in [7, 11) is 0. The van der Waals surface area contributed by atoms with E-state index in [4.69, 9.17) is 22.2 Å². The first-order chi connectivity index (χ1) is 19.4. The van der Waals surface area contributed by atoms with Crippen LogP contribution in [0.25, 0.3) is 5.65 Å². The lowest BCUT2D eigenvalue weighted by Gasteiger charge is -2.49. The van der Waals surface area contributed by atoms with Gasteiger partial charge in [-0.3, -0.25) is 14.5 Å². The summed E-state index contributed by atoms with van der Waals surface area (Å²) in [5.74, 6) is -3.87. The number of rotatable bonds is 9. The van der Waals surface area contributed by atoms with Gasteiger partial charge in [0, 0.05) is 17.4 Å². The molecule has 3 aromatic heterocycles. The number of imidazole rings is 1. The van der Waals surface area contributed by atoms with Crippen molar-refractivity contribution in [1.29, 1.82) is 0 Å². The molecule has 2 amide bonds. The minimum absolute atomic E-state index is 0.00169. The number of nitrogen functional groups attached to an aromatic ring is 1. The molecule has 1 fully saturated rings. The maximum Gasteiger partial charge on any atom is 0.352 e. The molecule has 41 heavy (non-hydrogen) atoms. The number of nitrogens with zero attached hydrogens (tertiary/aromatic N) is 5. The van der Waals surface area contributed by atoms with E-state index >= 15 is 0 Å². The van der Waals surface area contributed by atoms with Crippen molar-refractivity contribution in [2.24, 2.45) is 5.16 Å². The number of nitrogens with two attached hydrogens (primary N) is 1. The van der Waals surface area contributed by atoms with Crippen LogP contribution in [-0.2, 0) is 30.6 Å². The normalized spacial score (nSPS) is 19.1. The maximum absolute atomic E-state index is 13.3. The number of fused-ring (bicyclic) bond motifs is 2. The third kappa shape index (κ3) is 5.20. The SMILES string of the molecule is CC(C)(O/N=C(\C(=O)N[C@@H]1C(=O)N2C(C(=O)O)=C(C[n+]3ccn4ccccc43)CS[C@H]12)c1nc(N)sc1Cl)C(=O)O. The average Bonchev–Trinajstić information content (AvgIpc) is 3.48. The van der Waals surface area contributed by atoms with Gasteiger partial charge in [0.2, 0.25) is 5.60 Å². The molecule has 0 spiro atoms. The van der Waals surface area contributed by atoms with E-state index in [-0.39, 0.29) is 27.4 Å². The Morgan fingerprint density at radius 2 is 2.07 bits per heavy atom. The highest BCUT2D eigenvalue weighted by atomic mass is 35.5. The smallest absolute Gasteiger partial charge is 0.352 e. The number of hydrogen-bond acceptors (Lipinski definition) is 10. The molecule has 0 aromatic carbocycles. The van der Waals surface area contributed by atoms with E-state index in [0.717, 1.165) is 21.9 Å². The Labute approximate surface area is 245 Å². The van der Waals surface area contributed by atoms with Gasteiger partial charge in [-0.15, -0.1) is 11.8 Å². The summed E-state index contributed by atoms with van der Waals surface area (Å²) in [6, 6.07) is 4.54. The molecule has 17 heteroatoms. The first-order valence-corrected chi connectivity index (χ1v) is 14.2. The topological polar surface area (TPSA) is 193 Å². The summed E-state index contributed by atoms with van der Waals surface area (Å²) in [6.07, 6.45) is 5.54. The fourth-order valence-corrected chi connectivity index (χ4v) is 6.52. The van der Waals surface area contributed by atoms with E-state index in [1.165, 1.54) is 25.6 Å². The van der Waals surface area contributed by atoms with Gasteiger partial charge in [-0.1, -0.05) is 34.2 Å². The van der Waals surface area contributed by atoms with Crippen molar-refractivity contribution < 1.29 is 38.8 Å². The molecule has 0 saturated carbocycles. The Morgan fingerprint density at radius 1 is 1.32 bits per heavy atom. The lowest BCUT2D eigenvalue weighted by molar-refractivity contribution is -0.662. The molecule has 1 saturated heterocycles. The number of anilines is 1.